The van der Waals surface area contributed by atoms with Crippen LogP contribution in [0.4, 0.5) is 8.78 Å². The third kappa shape index (κ3) is 2.35. The maximum Gasteiger partial charge on any atom is 0.330 e. The molecule has 74 valence electrons. The van der Waals surface area contributed by atoms with Crippen molar-refractivity contribution in [3.63, 3.8) is 0 Å². The van der Waals surface area contributed by atoms with E-state index in [-0.39, 0.29) is 5.56 Å². The predicted octanol–water partition coefficient (Wildman–Crippen LogP) is 1.55. The Morgan fingerprint density at radius 3 is 2.50 bits per heavy atom. The van der Waals surface area contributed by atoms with Crippen molar-refractivity contribution in [1.29, 1.82) is 0 Å². The van der Waals surface area contributed by atoms with Crippen molar-refractivity contribution in [2.75, 3.05) is 7.11 Å². The van der Waals surface area contributed by atoms with Gasteiger partial charge in [0.05, 0.1) is 19.5 Å². The molecule has 0 saturated heterocycles. The van der Waals surface area contributed by atoms with Crippen molar-refractivity contribution in [2.24, 2.45) is 0 Å². The maximum atomic E-state index is 12.9. The maximum absolute atomic E-state index is 12.9. The molecule has 0 aromatic carbocycles. The molecule has 0 bridgehead atoms. The van der Waals surface area contributed by atoms with E-state index in [1.807, 2.05) is 0 Å². The summed E-state index contributed by atoms with van der Waals surface area (Å²) in [4.78, 5) is 13.9. The Bertz CT molecular complexity index is 357. The molecule has 3 nitrogen and oxygen atoms in total. The summed E-state index contributed by atoms with van der Waals surface area (Å²) in [7, 11) is 1.17. The van der Waals surface area contributed by atoms with Crippen molar-refractivity contribution >= 4 is 12.0 Å². The lowest BCUT2D eigenvalue weighted by Crippen LogP contribution is -1.95. The highest BCUT2D eigenvalue weighted by Gasteiger charge is 2.05. The van der Waals surface area contributed by atoms with Crippen LogP contribution >= 0.6 is 0 Å². The lowest BCUT2D eigenvalue weighted by atomic mass is 10.2. The molecule has 0 amide bonds. The van der Waals surface area contributed by atoms with Crippen molar-refractivity contribution in [3.8, 4) is 0 Å². The first-order chi connectivity index (χ1) is 6.65. The van der Waals surface area contributed by atoms with Gasteiger partial charge in [0.2, 0.25) is 0 Å². The van der Waals surface area contributed by atoms with Crippen LogP contribution in [0.2, 0.25) is 0 Å². The average molecular weight is 199 g/mol. The number of carbonyl (C=O) groups excluding carboxylic acids is 1. The first-order valence-corrected chi connectivity index (χ1v) is 3.70. The van der Waals surface area contributed by atoms with Crippen LogP contribution in [0.1, 0.15) is 5.56 Å². The molecule has 0 atom stereocenters. The monoisotopic (exact) mass is 199 g/mol. The number of esters is 1. The Labute approximate surface area is 79.0 Å². The molecule has 0 radical (unpaired) electrons. The van der Waals surface area contributed by atoms with Gasteiger partial charge in [0, 0.05) is 11.6 Å². The van der Waals surface area contributed by atoms with Gasteiger partial charge in [-0.15, -0.1) is 0 Å². The number of methoxy groups -OCH3 is 1. The zero-order valence-electron chi connectivity index (χ0n) is 7.33. The number of nitrogens with zero attached hydrogens (tertiary/aromatic N) is 1. The molecule has 0 N–H and O–H groups in total. The first kappa shape index (κ1) is 10.3. The molecular formula is C9H7F2NO2. The van der Waals surface area contributed by atoms with E-state index in [0.717, 1.165) is 24.5 Å². The highest BCUT2D eigenvalue weighted by molar-refractivity contribution is 5.86. The minimum absolute atomic E-state index is 0.314. The summed E-state index contributed by atoms with van der Waals surface area (Å²) in [6.07, 6.45) is 3.65. The van der Waals surface area contributed by atoms with E-state index in [2.05, 4.69) is 9.72 Å². The lowest BCUT2D eigenvalue weighted by Gasteiger charge is -1.96. The van der Waals surface area contributed by atoms with E-state index in [0.29, 0.717) is 0 Å². The number of carbonyl (C=O) groups is 1. The molecule has 1 rings (SSSR count). The van der Waals surface area contributed by atoms with E-state index >= 15 is 0 Å². The molecule has 1 aromatic rings. The molecule has 0 unspecified atom stereocenters. The Morgan fingerprint density at radius 1 is 1.43 bits per heavy atom. The van der Waals surface area contributed by atoms with E-state index in [1.54, 1.807) is 0 Å². The van der Waals surface area contributed by atoms with E-state index < -0.39 is 17.6 Å². The number of hydrogen-bond donors (Lipinski definition) is 0. The summed E-state index contributed by atoms with van der Waals surface area (Å²) in [6, 6.07) is 0. The normalized spacial score (nSPS) is 10.5. The van der Waals surface area contributed by atoms with Gasteiger partial charge < -0.3 is 4.74 Å². The molecule has 0 fully saturated rings. The Hall–Kier alpha value is -1.78. The van der Waals surface area contributed by atoms with Crippen LogP contribution in [0.5, 0.6) is 0 Å². The Kier molecular flexibility index (Phi) is 3.28. The third-order valence-corrected chi connectivity index (χ3v) is 1.48. The van der Waals surface area contributed by atoms with Gasteiger partial charge in [-0.05, 0) is 6.08 Å². The largest absolute Gasteiger partial charge is 0.466 e. The number of ether oxygens (including phenoxy) is 1. The van der Waals surface area contributed by atoms with Crippen molar-refractivity contribution < 1.29 is 18.3 Å². The Morgan fingerprint density at radius 2 is 2.00 bits per heavy atom. The van der Waals surface area contributed by atoms with Crippen molar-refractivity contribution in [2.45, 2.75) is 0 Å². The second-order valence-corrected chi connectivity index (χ2v) is 2.37. The van der Waals surface area contributed by atoms with Gasteiger partial charge in [-0.2, -0.15) is 0 Å². The summed E-state index contributed by atoms with van der Waals surface area (Å²) in [5.41, 5.74) is -0.314. The molecule has 0 aliphatic carbocycles. The number of rotatable bonds is 2. The van der Waals surface area contributed by atoms with Crippen LogP contribution in [0.3, 0.4) is 0 Å². The van der Waals surface area contributed by atoms with Crippen LogP contribution in [0.25, 0.3) is 6.08 Å². The van der Waals surface area contributed by atoms with Gasteiger partial charge in [-0.25, -0.2) is 13.6 Å². The molecule has 14 heavy (non-hydrogen) atoms. The van der Waals surface area contributed by atoms with Crippen LogP contribution in [0.15, 0.2) is 18.5 Å². The topological polar surface area (TPSA) is 39.2 Å². The summed E-state index contributed by atoms with van der Waals surface area (Å²) in [5.74, 6) is -2.34. The summed E-state index contributed by atoms with van der Waals surface area (Å²) in [6.45, 7) is 0. The molecule has 0 aliphatic rings. The zero-order chi connectivity index (χ0) is 10.6. The number of aromatic nitrogens is 1. The smallest absolute Gasteiger partial charge is 0.330 e. The first-order valence-electron chi connectivity index (χ1n) is 3.70. The van der Waals surface area contributed by atoms with Crippen LogP contribution in [-0.4, -0.2) is 18.1 Å². The molecule has 1 heterocycles. The quantitative estimate of drug-likeness (QED) is 0.535. The standard InChI is InChI=1S/C9H7F2NO2/c1-14-9(13)3-2-6-7(10)4-12-5-8(6)11/h2-5H,1H3/b3-2+. The minimum Gasteiger partial charge on any atom is -0.466 e. The second kappa shape index (κ2) is 4.45. The molecule has 1 aromatic heterocycles. The molecule has 0 saturated carbocycles. The lowest BCUT2D eigenvalue weighted by molar-refractivity contribution is -0.134. The summed E-state index contributed by atoms with van der Waals surface area (Å²) >= 11 is 0. The van der Waals surface area contributed by atoms with Gasteiger partial charge in [0.1, 0.15) is 0 Å². The second-order valence-electron chi connectivity index (χ2n) is 2.37. The van der Waals surface area contributed by atoms with Crippen molar-refractivity contribution in [3.05, 3.63) is 35.7 Å². The highest BCUT2D eigenvalue weighted by Crippen LogP contribution is 2.11. The van der Waals surface area contributed by atoms with Crippen LogP contribution < -0.4 is 0 Å². The van der Waals surface area contributed by atoms with E-state index in [4.69, 9.17) is 0 Å². The average Bonchev–Trinajstić information content (AvgIpc) is 2.16. The van der Waals surface area contributed by atoms with Gasteiger partial charge in [0.25, 0.3) is 0 Å². The van der Waals surface area contributed by atoms with Crippen molar-refractivity contribution in [1.82, 2.24) is 4.98 Å². The van der Waals surface area contributed by atoms with Crippen LogP contribution in [0, 0.1) is 11.6 Å². The van der Waals surface area contributed by atoms with E-state index in [1.165, 1.54) is 7.11 Å². The molecular weight excluding hydrogens is 192 g/mol. The van der Waals surface area contributed by atoms with Gasteiger partial charge in [-0.1, -0.05) is 0 Å². The van der Waals surface area contributed by atoms with Gasteiger partial charge in [0.15, 0.2) is 11.6 Å². The highest BCUT2D eigenvalue weighted by atomic mass is 19.1. The van der Waals surface area contributed by atoms with E-state index in [9.17, 15) is 13.6 Å². The fourth-order valence-corrected chi connectivity index (χ4v) is 0.800. The van der Waals surface area contributed by atoms with Crippen LogP contribution in [-0.2, 0) is 9.53 Å². The molecule has 0 spiro atoms. The molecule has 5 heteroatoms. The van der Waals surface area contributed by atoms with Gasteiger partial charge in [-0.3, -0.25) is 4.98 Å². The zero-order valence-corrected chi connectivity index (χ0v) is 7.33. The molecule has 0 aliphatic heterocycles. The Balaban J connectivity index is 2.96. The summed E-state index contributed by atoms with van der Waals surface area (Å²) in [5, 5.41) is 0. The number of halogens is 2. The third-order valence-electron chi connectivity index (χ3n) is 1.48. The number of hydrogen-bond acceptors (Lipinski definition) is 3. The summed E-state index contributed by atoms with van der Waals surface area (Å²) < 4.78 is 30.1. The number of pyridine rings is 1. The predicted molar refractivity (Wildman–Crippen MR) is 45.2 cm³/mol. The minimum atomic E-state index is -0.829. The fraction of sp³-hybridized carbons (Fsp3) is 0.111. The fourth-order valence-electron chi connectivity index (χ4n) is 0.800. The van der Waals surface area contributed by atoms with Gasteiger partial charge >= 0.3 is 5.97 Å². The SMILES string of the molecule is COC(=O)/C=C/c1c(F)cncc1F.